The summed E-state index contributed by atoms with van der Waals surface area (Å²) < 4.78 is 5.11. The smallest absolute Gasteiger partial charge is 0.321 e. The topological polar surface area (TPSA) is 63.2 Å². The van der Waals surface area contributed by atoms with Crippen LogP contribution in [-0.2, 0) is 0 Å². The van der Waals surface area contributed by atoms with Gasteiger partial charge in [-0.25, -0.2) is 9.78 Å². The molecule has 0 aliphatic heterocycles. The van der Waals surface area contributed by atoms with Gasteiger partial charge in [-0.2, -0.15) is 0 Å². The Morgan fingerprint density at radius 3 is 2.74 bits per heavy atom. The van der Waals surface area contributed by atoms with E-state index >= 15 is 0 Å². The molecule has 0 atom stereocenters. The maximum Gasteiger partial charge on any atom is 0.321 e. The fourth-order valence-corrected chi connectivity index (χ4v) is 2.24. The fourth-order valence-electron chi connectivity index (χ4n) is 1.53. The molecule has 100 valence electrons. The molecule has 0 aliphatic carbocycles. The van der Waals surface area contributed by atoms with Crippen molar-refractivity contribution in [2.75, 3.05) is 19.0 Å². The third kappa shape index (κ3) is 3.45. The van der Waals surface area contributed by atoms with Crippen molar-refractivity contribution in [3.8, 4) is 17.0 Å². The number of hydrogen-bond donors (Lipinski definition) is 2. The largest absolute Gasteiger partial charge is 0.497 e. The highest BCUT2D eigenvalue weighted by Gasteiger charge is 2.07. The molecule has 2 aromatic rings. The molecule has 1 heterocycles. The van der Waals surface area contributed by atoms with Crippen molar-refractivity contribution >= 4 is 22.5 Å². The number of carbonyl (C=O) groups is 1. The summed E-state index contributed by atoms with van der Waals surface area (Å²) in [5.41, 5.74) is 1.82. The van der Waals surface area contributed by atoms with Gasteiger partial charge < -0.3 is 10.1 Å². The SMILES string of the molecule is CCNC(=O)Nc1nc(-c2ccc(OC)cc2)cs1. The van der Waals surface area contributed by atoms with Crippen LogP contribution in [0.5, 0.6) is 5.75 Å². The minimum atomic E-state index is -0.238. The van der Waals surface area contributed by atoms with Crippen LogP contribution >= 0.6 is 11.3 Å². The fraction of sp³-hybridized carbons (Fsp3) is 0.231. The summed E-state index contributed by atoms with van der Waals surface area (Å²) >= 11 is 1.39. The quantitative estimate of drug-likeness (QED) is 0.903. The Bertz CT molecular complexity index is 551. The highest BCUT2D eigenvalue weighted by Crippen LogP contribution is 2.26. The van der Waals surface area contributed by atoms with Crippen molar-refractivity contribution in [3.05, 3.63) is 29.6 Å². The van der Waals surface area contributed by atoms with E-state index in [2.05, 4.69) is 15.6 Å². The number of carbonyl (C=O) groups excluding carboxylic acids is 1. The van der Waals surface area contributed by atoms with Gasteiger partial charge in [-0.15, -0.1) is 11.3 Å². The molecule has 0 bridgehead atoms. The van der Waals surface area contributed by atoms with E-state index in [1.807, 2.05) is 36.6 Å². The summed E-state index contributed by atoms with van der Waals surface area (Å²) in [6.07, 6.45) is 0. The molecule has 2 N–H and O–H groups in total. The van der Waals surface area contributed by atoms with Gasteiger partial charge in [0, 0.05) is 17.5 Å². The number of hydrogen-bond acceptors (Lipinski definition) is 4. The Hall–Kier alpha value is -2.08. The lowest BCUT2D eigenvalue weighted by Crippen LogP contribution is -2.28. The van der Waals surface area contributed by atoms with E-state index < -0.39 is 0 Å². The van der Waals surface area contributed by atoms with Crippen LogP contribution in [-0.4, -0.2) is 24.7 Å². The second-order valence-electron chi connectivity index (χ2n) is 3.75. The standard InChI is InChI=1S/C13H15N3O2S/c1-3-14-12(17)16-13-15-11(8-19-13)9-4-6-10(18-2)7-5-9/h4-8H,3H2,1-2H3,(H2,14,15,16,17). The number of nitrogens with one attached hydrogen (secondary N) is 2. The molecule has 1 aromatic carbocycles. The number of urea groups is 1. The molecular formula is C13H15N3O2S. The zero-order chi connectivity index (χ0) is 13.7. The average Bonchev–Trinajstić information content (AvgIpc) is 2.87. The van der Waals surface area contributed by atoms with Crippen LogP contribution in [0, 0.1) is 0 Å². The van der Waals surface area contributed by atoms with Crippen LogP contribution < -0.4 is 15.4 Å². The Labute approximate surface area is 115 Å². The van der Waals surface area contributed by atoms with Gasteiger partial charge in [0.05, 0.1) is 12.8 Å². The number of methoxy groups -OCH3 is 1. The molecule has 19 heavy (non-hydrogen) atoms. The van der Waals surface area contributed by atoms with Crippen LogP contribution in [0.25, 0.3) is 11.3 Å². The summed E-state index contributed by atoms with van der Waals surface area (Å²) in [7, 11) is 1.63. The number of benzene rings is 1. The number of anilines is 1. The Kier molecular flexibility index (Phi) is 4.35. The van der Waals surface area contributed by atoms with Gasteiger partial charge >= 0.3 is 6.03 Å². The highest BCUT2D eigenvalue weighted by atomic mass is 32.1. The third-order valence-electron chi connectivity index (χ3n) is 2.45. The lowest BCUT2D eigenvalue weighted by Gasteiger charge is -2.02. The van der Waals surface area contributed by atoms with Crippen molar-refractivity contribution in [2.45, 2.75) is 6.92 Å². The molecule has 6 heteroatoms. The second kappa shape index (κ2) is 6.19. The van der Waals surface area contributed by atoms with Crippen molar-refractivity contribution in [2.24, 2.45) is 0 Å². The first kappa shape index (κ1) is 13.4. The van der Waals surface area contributed by atoms with Crippen molar-refractivity contribution in [1.82, 2.24) is 10.3 Å². The minimum absolute atomic E-state index is 0.238. The Morgan fingerprint density at radius 2 is 2.11 bits per heavy atom. The zero-order valence-corrected chi connectivity index (χ0v) is 11.6. The van der Waals surface area contributed by atoms with E-state index in [-0.39, 0.29) is 6.03 Å². The van der Waals surface area contributed by atoms with Crippen LogP contribution in [0.1, 0.15) is 6.92 Å². The number of thiazole rings is 1. The maximum absolute atomic E-state index is 11.4. The highest BCUT2D eigenvalue weighted by molar-refractivity contribution is 7.14. The number of ether oxygens (including phenoxy) is 1. The van der Waals surface area contributed by atoms with Gasteiger partial charge in [0.2, 0.25) is 0 Å². The first-order valence-electron chi connectivity index (χ1n) is 5.87. The third-order valence-corrected chi connectivity index (χ3v) is 3.21. The normalized spacial score (nSPS) is 10.0. The molecule has 0 aliphatic rings. The lowest BCUT2D eigenvalue weighted by molar-refractivity contribution is 0.252. The molecule has 2 amide bonds. The van der Waals surface area contributed by atoms with Crippen molar-refractivity contribution < 1.29 is 9.53 Å². The predicted octanol–water partition coefficient (Wildman–Crippen LogP) is 2.96. The summed E-state index contributed by atoms with van der Waals surface area (Å²) in [6, 6.07) is 7.39. The van der Waals surface area contributed by atoms with Crippen LogP contribution in [0.4, 0.5) is 9.93 Å². The number of rotatable bonds is 4. The van der Waals surface area contributed by atoms with Gasteiger partial charge in [0.25, 0.3) is 0 Å². The summed E-state index contributed by atoms with van der Waals surface area (Å²) in [5.74, 6) is 0.805. The average molecular weight is 277 g/mol. The molecule has 1 aromatic heterocycles. The molecule has 0 fully saturated rings. The van der Waals surface area contributed by atoms with Crippen LogP contribution in [0.2, 0.25) is 0 Å². The monoisotopic (exact) mass is 277 g/mol. The second-order valence-corrected chi connectivity index (χ2v) is 4.61. The maximum atomic E-state index is 11.4. The first-order valence-corrected chi connectivity index (χ1v) is 6.75. The van der Waals surface area contributed by atoms with Crippen molar-refractivity contribution in [1.29, 1.82) is 0 Å². The van der Waals surface area contributed by atoms with Crippen molar-refractivity contribution in [3.63, 3.8) is 0 Å². The van der Waals surface area contributed by atoms with Crippen LogP contribution in [0.15, 0.2) is 29.6 Å². The number of aromatic nitrogens is 1. The minimum Gasteiger partial charge on any atom is -0.497 e. The van der Waals surface area contributed by atoms with E-state index in [4.69, 9.17) is 4.74 Å². The summed E-state index contributed by atoms with van der Waals surface area (Å²) in [6.45, 7) is 2.45. The number of nitrogens with zero attached hydrogens (tertiary/aromatic N) is 1. The zero-order valence-electron chi connectivity index (χ0n) is 10.8. The Balaban J connectivity index is 2.09. The van der Waals surface area contributed by atoms with Gasteiger partial charge in [0.1, 0.15) is 5.75 Å². The summed E-state index contributed by atoms with van der Waals surface area (Å²) in [5, 5.41) is 7.83. The van der Waals surface area contributed by atoms with E-state index in [1.165, 1.54) is 11.3 Å². The molecule has 0 saturated carbocycles. The van der Waals surface area contributed by atoms with E-state index in [0.29, 0.717) is 11.7 Å². The predicted molar refractivity (Wildman–Crippen MR) is 76.8 cm³/mol. The molecular weight excluding hydrogens is 262 g/mol. The van der Waals surface area contributed by atoms with Gasteiger partial charge in [-0.3, -0.25) is 5.32 Å². The Morgan fingerprint density at radius 1 is 1.37 bits per heavy atom. The van der Waals surface area contributed by atoms with Gasteiger partial charge in [-0.1, -0.05) is 0 Å². The number of amides is 2. The molecule has 0 radical (unpaired) electrons. The molecule has 2 rings (SSSR count). The first-order chi connectivity index (χ1) is 9.22. The molecule has 0 spiro atoms. The summed E-state index contributed by atoms with van der Waals surface area (Å²) in [4.78, 5) is 15.7. The van der Waals surface area contributed by atoms with Gasteiger partial charge in [0.15, 0.2) is 5.13 Å². The van der Waals surface area contributed by atoms with Gasteiger partial charge in [-0.05, 0) is 31.2 Å². The van der Waals surface area contributed by atoms with E-state index in [0.717, 1.165) is 17.0 Å². The molecule has 0 unspecified atom stereocenters. The van der Waals surface area contributed by atoms with E-state index in [1.54, 1.807) is 7.11 Å². The van der Waals surface area contributed by atoms with E-state index in [9.17, 15) is 4.79 Å². The lowest BCUT2D eigenvalue weighted by atomic mass is 10.2. The van der Waals surface area contributed by atoms with Crippen LogP contribution in [0.3, 0.4) is 0 Å². The molecule has 0 saturated heterocycles. The molecule has 5 nitrogen and oxygen atoms in total.